The molecule has 8 nitrogen and oxygen atoms in total. The number of carbonyl (C=O) groups is 2. The van der Waals surface area contributed by atoms with Crippen molar-refractivity contribution in [1.82, 2.24) is 14.4 Å². The quantitative estimate of drug-likeness (QED) is 0.562. The zero-order valence-electron chi connectivity index (χ0n) is 20.4. The smallest absolute Gasteiger partial charge is 0.296 e. The molecule has 200 valence electrons. The third-order valence-corrected chi connectivity index (χ3v) is 8.82. The van der Waals surface area contributed by atoms with Gasteiger partial charge in [0.2, 0.25) is 0 Å². The predicted molar refractivity (Wildman–Crippen MR) is 133 cm³/mol. The third-order valence-electron chi connectivity index (χ3n) is 8.53. The van der Waals surface area contributed by atoms with E-state index in [-0.39, 0.29) is 53.2 Å². The number of fused-ring (bicyclic) bond motifs is 6. The van der Waals surface area contributed by atoms with Gasteiger partial charge in [0.25, 0.3) is 17.4 Å². The number of pyridine rings is 1. The molecular weight excluding hydrogens is 520 g/mol. The van der Waals surface area contributed by atoms with Crippen molar-refractivity contribution in [3.05, 3.63) is 73.9 Å². The van der Waals surface area contributed by atoms with Crippen molar-refractivity contribution in [1.29, 1.82) is 0 Å². The Hall–Kier alpha value is -3.24. The van der Waals surface area contributed by atoms with Crippen molar-refractivity contribution < 1.29 is 28.6 Å². The van der Waals surface area contributed by atoms with Crippen LogP contribution in [-0.4, -0.2) is 62.3 Å². The lowest BCUT2D eigenvalue weighted by Crippen LogP contribution is -2.54. The molecule has 11 heteroatoms. The summed E-state index contributed by atoms with van der Waals surface area (Å²) in [4.78, 5) is 44.0. The monoisotopic (exact) mass is 545 g/mol. The summed E-state index contributed by atoms with van der Waals surface area (Å²) in [6.07, 6.45) is 4.27. The first-order chi connectivity index (χ1) is 18.2. The lowest BCUT2D eigenvalue weighted by atomic mass is 9.90. The van der Waals surface area contributed by atoms with Crippen molar-refractivity contribution in [3.8, 4) is 5.75 Å². The Balaban J connectivity index is 1.47. The Kier molecular flexibility index (Phi) is 5.88. The summed E-state index contributed by atoms with van der Waals surface area (Å²) in [5, 5.41) is 20.4. The molecule has 4 aliphatic rings. The zero-order valence-corrected chi connectivity index (χ0v) is 21.1. The molecule has 1 spiro atoms. The second-order valence-electron chi connectivity index (χ2n) is 10.5. The fourth-order valence-electron chi connectivity index (χ4n) is 6.89. The number of halogens is 3. The highest BCUT2D eigenvalue weighted by Crippen LogP contribution is 2.55. The van der Waals surface area contributed by atoms with Gasteiger partial charge in [-0.25, -0.2) is 8.78 Å². The van der Waals surface area contributed by atoms with Gasteiger partial charge >= 0.3 is 0 Å². The molecule has 1 saturated carbocycles. The van der Waals surface area contributed by atoms with Gasteiger partial charge in [-0.2, -0.15) is 0 Å². The first-order valence-electron chi connectivity index (χ1n) is 12.7. The SMILES string of the molecule is O=C1c2c(c3n(c(=O)c2O)[C@@]2(CC[C@H]4CC=C[C@H]42)N(CC(F)CO)C3=O)CCN1Cc1ccc(F)c(Cl)c1. The highest BCUT2D eigenvalue weighted by molar-refractivity contribution is 6.30. The number of amides is 2. The number of aliphatic hydroxyl groups excluding tert-OH is 1. The van der Waals surface area contributed by atoms with Crippen LogP contribution in [0.2, 0.25) is 5.02 Å². The summed E-state index contributed by atoms with van der Waals surface area (Å²) in [6.45, 7) is -0.942. The number of carbonyl (C=O) groups excluding carboxylic acids is 2. The number of allylic oxidation sites excluding steroid dienone is 1. The van der Waals surface area contributed by atoms with E-state index < -0.39 is 53.9 Å². The number of alkyl halides is 1. The van der Waals surface area contributed by atoms with Gasteiger partial charge in [-0.3, -0.25) is 19.0 Å². The van der Waals surface area contributed by atoms with E-state index >= 15 is 0 Å². The summed E-state index contributed by atoms with van der Waals surface area (Å²) >= 11 is 5.88. The normalized spacial score (nSPS) is 26.3. The number of aliphatic hydroxyl groups is 1. The predicted octanol–water partition coefficient (Wildman–Crippen LogP) is 2.97. The zero-order chi connectivity index (χ0) is 26.9. The second-order valence-corrected chi connectivity index (χ2v) is 10.9. The van der Waals surface area contributed by atoms with E-state index in [2.05, 4.69) is 0 Å². The Morgan fingerprint density at radius 1 is 1.21 bits per heavy atom. The fraction of sp³-hybridized carbons (Fsp3) is 0.444. The van der Waals surface area contributed by atoms with Crippen LogP contribution < -0.4 is 5.56 Å². The van der Waals surface area contributed by atoms with E-state index in [1.54, 1.807) is 0 Å². The molecule has 38 heavy (non-hydrogen) atoms. The number of aromatic nitrogens is 1. The average molecular weight is 546 g/mol. The molecule has 4 atom stereocenters. The van der Waals surface area contributed by atoms with Crippen LogP contribution in [-0.2, 0) is 18.6 Å². The Morgan fingerprint density at radius 2 is 2.00 bits per heavy atom. The number of rotatable bonds is 5. The average Bonchev–Trinajstić information content (AvgIpc) is 3.57. The molecule has 2 aromatic rings. The molecule has 1 unspecified atom stereocenters. The molecule has 2 amide bonds. The molecule has 2 aliphatic heterocycles. The Labute approximate surface area is 221 Å². The van der Waals surface area contributed by atoms with Crippen LogP contribution >= 0.6 is 11.6 Å². The van der Waals surface area contributed by atoms with Crippen molar-refractivity contribution >= 4 is 23.4 Å². The van der Waals surface area contributed by atoms with Crippen LogP contribution in [0.3, 0.4) is 0 Å². The molecule has 1 aromatic heterocycles. The molecule has 2 N–H and O–H groups in total. The molecule has 2 aliphatic carbocycles. The van der Waals surface area contributed by atoms with Crippen LogP contribution in [0.1, 0.15) is 51.2 Å². The van der Waals surface area contributed by atoms with E-state index in [4.69, 9.17) is 11.6 Å². The van der Waals surface area contributed by atoms with Crippen molar-refractivity contribution in [2.24, 2.45) is 11.8 Å². The van der Waals surface area contributed by atoms with Gasteiger partial charge in [-0.05, 0) is 49.3 Å². The number of hydrogen-bond donors (Lipinski definition) is 2. The molecule has 6 rings (SSSR count). The molecule has 3 heterocycles. The van der Waals surface area contributed by atoms with Crippen molar-refractivity contribution in [2.75, 3.05) is 19.7 Å². The minimum atomic E-state index is -1.71. The topological polar surface area (TPSA) is 103 Å². The first-order valence-corrected chi connectivity index (χ1v) is 13.0. The number of aromatic hydroxyl groups is 1. The third kappa shape index (κ3) is 3.39. The lowest BCUT2D eigenvalue weighted by molar-refractivity contribution is 0.00136. The minimum absolute atomic E-state index is 0.00622. The molecule has 1 fully saturated rings. The van der Waals surface area contributed by atoms with Crippen molar-refractivity contribution in [2.45, 2.75) is 44.1 Å². The number of hydrogen-bond acceptors (Lipinski definition) is 5. The van der Waals surface area contributed by atoms with Gasteiger partial charge in [0.15, 0.2) is 5.75 Å². The highest BCUT2D eigenvalue weighted by atomic mass is 35.5. The van der Waals surface area contributed by atoms with E-state index in [0.717, 1.165) is 6.42 Å². The summed E-state index contributed by atoms with van der Waals surface area (Å²) in [5.74, 6) is -2.64. The van der Waals surface area contributed by atoms with Crippen LogP contribution in [0, 0.1) is 17.7 Å². The Bertz CT molecular complexity index is 1460. The molecule has 1 aromatic carbocycles. The molecule has 0 radical (unpaired) electrons. The minimum Gasteiger partial charge on any atom is -0.502 e. The largest absolute Gasteiger partial charge is 0.502 e. The lowest BCUT2D eigenvalue weighted by Gasteiger charge is -2.41. The summed E-state index contributed by atoms with van der Waals surface area (Å²) in [7, 11) is 0. The fourth-order valence-corrected chi connectivity index (χ4v) is 7.09. The summed E-state index contributed by atoms with van der Waals surface area (Å²) < 4.78 is 29.5. The molecule has 0 bridgehead atoms. The van der Waals surface area contributed by atoms with E-state index in [1.165, 1.54) is 32.6 Å². The second kappa shape index (κ2) is 8.91. The van der Waals surface area contributed by atoms with E-state index in [1.807, 2.05) is 12.2 Å². The summed E-state index contributed by atoms with van der Waals surface area (Å²) in [5.41, 5.74) is -1.48. The van der Waals surface area contributed by atoms with E-state index in [9.17, 15) is 33.4 Å². The Morgan fingerprint density at radius 3 is 2.74 bits per heavy atom. The first kappa shape index (κ1) is 25.1. The van der Waals surface area contributed by atoms with Crippen LogP contribution in [0.25, 0.3) is 0 Å². The van der Waals surface area contributed by atoms with E-state index in [0.29, 0.717) is 18.4 Å². The van der Waals surface area contributed by atoms with Gasteiger partial charge in [-0.1, -0.05) is 29.8 Å². The molecular formula is C27H26ClF2N3O5. The van der Waals surface area contributed by atoms with Gasteiger partial charge in [0.1, 0.15) is 23.3 Å². The van der Waals surface area contributed by atoms with Crippen LogP contribution in [0.4, 0.5) is 8.78 Å². The standard InChI is InChI=1S/C27H26ClF2N3O5/c28-19-10-14(4-5-20(19)30)11-31-9-7-17-21(24(31)36)23(35)26(38)33-22(17)25(37)32(12-16(29)13-34)27(33)8-6-15-2-1-3-18(15)27/h1,3-5,10,15-16,18,34-35H,2,6-9,11-13H2/t15-,16?,18-,27-/m1/s1. The van der Waals surface area contributed by atoms with Gasteiger partial charge in [0.05, 0.1) is 23.7 Å². The van der Waals surface area contributed by atoms with Gasteiger partial charge < -0.3 is 20.0 Å². The summed E-state index contributed by atoms with van der Waals surface area (Å²) in [6, 6.07) is 4.09. The highest BCUT2D eigenvalue weighted by Gasteiger charge is 2.61. The van der Waals surface area contributed by atoms with Gasteiger partial charge in [0, 0.05) is 24.6 Å². The van der Waals surface area contributed by atoms with Crippen LogP contribution in [0.15, 0.2) is 35.1 Å². The maximum atomic E-state index is 14.6. The number of nitrogens with zero attached hydrogens (tertiary/aromatic N) is 3. The van der Waals surface area contributed by atoms with Crippen molar-refractivity contribution in [3.63, 3.8) is 0 Å². The number of benzene rings is 1. The molecule has 0 saturated heterocycles. The maximum absolute atomic E-state index is 14.6. The maximum Gasteiger partial charge on any atom is 0.296 e. The van der Waals surface area contributed by atoms with Crippen LogP contribution in [0.5, 0.6) is 5.75 Å². The van der Waals surface area contributed by atoms with Gasteiger partial charge in [-0.15, -0.1) is 0 Å².